The van der Waals surface area contributed by atoms with Crippen molar-refractivity contribution in [1.82, 2.24) is 5.32 Å². The van der Waals surface area contributed by atoms with Crippen molar-refractivity contribution in [3.63, 3.8) is 0 Å². The summed E-state index contributed by atoms with van der Waals surface area (Å²) in [6, 6.07) is 0. The third-order valence-electron chi connectivity index (χ3n) is 1.36. The summed E-state index contributed by atoms with van der Waals surface area (Å²) in [5.74, 6) is 0. The van der Waals surface area contributed by atoms with Crippen LogP contribution < -0.4 is 5.32 Å². The Bertz CT molecular complexity index is 399. The van der Waals surface area contributed by atoms with Gasteiger partial charge in [-0.3, -0.25) is 4.18 Å². The van der Waals surface area contributed by atoms with E-state index >= 15 is 0 Å². The average Bonchev–Trinajstić information content (AvgIpc) is 2.23. The molecule has 8 nitrogen and oxygen atoms in total. The lowest BCUT2D eigenvalue weighted by Crippen LogP contribution is -2.22. The van der Waals surface area contributed by atoms with Gasteiger partial charge in [0.1, 0.15) is 0 Å². The molecule has 0 heterocycles. The smallest absolute Gasteiger partial charge is 0.313 e. The van der Waals surface area contributed by atoms with Crippen LogP contribution in [0.15, 0.2) is 12.7 Å². The molecule has 0 aromatic carbocycles. The van der Waals surface area contributed by atoms with E-state index < -0.39 is 18.3 Å². The Labute approximate surface area is 93.4 Å². The van der Waals surface area contributed by atoms with Crippen LogP contribution in [0.1, 0.15) is 6.42 Å². The first-order valence-corrected chi connectivity index (χ1v) is 7.49. The first-order valence-electron chi connectivity index (χ1n) is 4.16. The standard InChI is InChI=1S/C6H13NO7S2/c1-2-4-7-5-3-6-13-15(9,10)16(11,12)14-8/h2,7-8H,1,3-6H2. The second-order valence-corrected chi connectivity index (χ2v) is 7.03. The van der Waals surface area contributed by atoms with Gasteiger partial charge < -0.3 is 5.32 Å². The number of hydrogen-bond acceptors (Lipinski definition) is 8. The lowest BCUT2D eigenvalue weighted by atomic mass is 10.4. The van der Waals surface area contributed by atoms with Crippen LogP contribution in [0.2, 0.25) is 0 Å². The Balaban J connectivity index is 3.98. The van der Waals surface area contributed by atoms with Crippen LogP contribution in [0.4, 0.5) is 0 Å². The summed E-state index contributed by atoms with van der Waals surface area (Å²) in [5, 5.41) is 10.7. The summed E-state index contributed by atoms with van der Waals surface area (Å²) in [5.41, 5.74) is 0. The number of nitrogens with one attached hydrogen (secondary N) is 1. The first kappa shape index (κ1) is 15.5. The molecule has 2 N–H and O–H groups in total. The van der Waals surface area contributed by atoms with Gasteiger partial charge in [0, 0.05) is 6.54 Å². The topological polar surface area (TPSA) is 119 Å². The molecule has 0 aliphatic carbocycles. The minimum absolute atomic E-state index is 0.272. The van der Waals surface area contributed by atoms with Crippen LogP contribution in [0, 0.1) is 0 Å². The van der Waals surface area contributed by atoms with Gasteiger partial charge in [0.25, 0.3) is 0 Å². The summed E-state index contributed by atoms with van der Waals surface area (Å²) < 4.78 is 49.8. The predicted molar refractivity (Wildman–Crippen MR) is 55.2 cm³/mol. The van der Waals surface area contributed by atoms with Crippen LogP contribution in [-0.2, 0) is 26.8 Å². The molecule has 0 radical (unpaired) electrons. The highest BCUT2D eigenvalue weighted by Crippen LogP contribution is 2.06. The SMILES string of the molecule is C=CCNCCCOS(=O)(=O)S(=O)(=O)OO. The van der Waals surface area contributed by atoms with Crippen molar-refractivity contribution in [2.75, 3.05) is 19.7 Å². The van der Waals surface area contributed by atoms with Gasteiger partial charge in [-0.15, -0.1) is 6.58 Å². The van der Waals surface area contributed by atoms with Crippen LogP contribution >= 0.6 is 0 Å². The molecule has 0 spiro atoms. The second-order valence-electron chi connectivity index (χ2n) is 2.56. The molecule has 0 bridgehead atoms. The molecule has 0 amide bonds. The number of hydrogen-bond donors (Lipinski definition) is 2. The van der Waals surface area contributed by atoms with E-state index in [1.54, 1.807) is 6.08 Å². The number of rotatable bonds is 9. The van der Waals surface area contributed by atoms with Crippen molar-refractivity contribution in [1.29, 1.82) is 0 Å². The largest absolute Gasteiger partial charge is 0.426 e. The molecular weight excluding hydrogens is 262 g/mol. The maximum absolute atomic E-state index is 10.8. The molecule has 0 saturated heterocycles. The summed E-state index contributed by atoms with van der Waals surface area (Å²) in [7, 11) is -10.1. The van der Waals surface area contributed by atoms with Crippen LogP contribution in [0.25, 0.3) is 0 Å². The minimum atomic E-state index is -5.13. The highest BCUT2D eigenvalue weighted by atomic mass is 33.2. The van der Waals surface area contributed by atoms with E-state index in [-0.39, 0.29) is 13.0 Å². The Morgan fingerprint density at radius 1 is 1.25 bits per heavy atom. The van der Waals surface area contributed by atoms with E-state index in [1.807, 2.05) is 0 Å². The van der Waals surface area contributed by atoms with E-state index in [0.717, 1.165) is 0 Å². The average molecular weight is 275 g/mol. The normalized spacial score (nSPS) is 12.6. The maximum atomic E-state index is 10.8. The molecule has 0 atom stereocenters. The zero-order valence-electron chi connectivity index (χ0n) is 8.33. The molecule has 0 aliphatic heterocycles. The second kappa shape index (κ2) is 6.93. The van der Waals surface area contributed by atoms with E-state index in [9.17, 15) is 16.8 Å². The van der Waals surface area contributed by atoms with Crippen LogP contribution in [0.3, 0.4) is 0 Å². The third kappa shape index (κ3) is 5.01. The Morgan fingerprint density at radius 2 is 1.88 bits per heavy atom. The van der Waals surface area contributed by atoms with Crippen molar-refractivity contribution in [2.45, 2.75) is 6.42 Å². The molecule has 0 aliphatic rings. The van der Waals surface area contributed by atoms with Gasteiger partial charge in [0.2, 0.25) is 0 Å². The first-order chi connectivity index (χ1) is 7.37. The van der Waals surface area contributed by atoms with E-state index in [0.29, 0.717) is 13.1 Å². The molecule has 16 heavy (non-hydrogen) atoms. The van der Waals surface area contributed by atoms with E-state index in [2.05, 4.69) is 20.4 Å². The molecule has 0 unspecified atom stereocenters. The fraction of sp³-hybridized carbons (Fsp3) is 0.667. The summed E-state index contributed by atoms with van der Waals surface area (Å²) in [6.07, 6.45) is 1.88. The van der Waals surface area contributed by atoms with Crippen molar-refractivity contribution >= 4 is 18.3 Å². The van der Waals surface area contributed by atoms with Gasteiger partial charge >= 0.3 is 18.3 Å². The van der Waals surface area contributed by atoms with Crippen molar-refractivity contribution in [2.24, 2.45) is 0 Å². The van der Waals surface area contributed by atoms with Gasteiger partial charge in [0.15, 0.2) is 0 Å². The quantitative estimate of drug-likeness (QED) is 0.185. The Morgan fingerprint density at radius 3 is 2.38 bits per heavy atom. The van der Waals surface area contributed by atoms with Gasteiger partial charge in [-0.1, -0.05) is 10.4 Å². The summed E-state index contributed by atoms with van der Waals surface area (Å²) in [4.78, 5) is 0. The lowest BCUT2D eigenvalue weighted by Gasteiger charge is -2.04. The molecule has 0 aromatic rings. The van der Waals surface area contributed by atoms with E-state index in [1.165, 1.54) is 0 Å². The zero-order chi connectivity index (χ0) is 12.7. The van der Waals surface area contributed by atoms with Gasteiger partial charge in [-0.05, 0) is 13.0 Å². The van der Waals surface area contributed by atoms with Gasteiger partial charge in [-0.2, -0.15) is 16.8 Å². The van der Waals surface area contributed by atoms with Gasteiger partial charge in [-0.25, -0.2) is 5.26 Å². The molecule has 0 fully saturated rings. The van der Waals surface area contributed by atoms with Crippen molar-refractivity contribution in [3.05, 3.63) is 12.7 Å². The molecule has 0 saturated carbocycles. The maximum Gasteiger partial charge on any atom is 0.426 e. The van der Waals surface area contributed by atoms with Crippen LogP contribution in [0.5, 0.6) is 0 Å². The zero-order valence-corrected chi connectivity index (χ0v) is 9.96. The molecule has 0 aromatic heterocycles. The molecular formula is C6H13NO7S2. The third-order valence-corrected chi connectivity index (χ3v) is 4.46. The van der Waals surface area contributed by atoms with E-state index in [4.69, 9.17) is 5.26 Å². The van der Waals surface area contributed by atoms with Gasteiger partial charge in [0.05, 0.1) is 6.61 Å². The summed E-state index contributed by atoms with van der Waals surface area (Å²) >= 11 is 0. The molecule has 10 heteroatoms. The highest BCUT2D eigenvalue weighted by Gasteiger charge is 2.32. The van der Waals surface area contributed by atoms with Crippen LogP contribution in [-0.4, -0.2) is 41.8 Å². The monoisotopic (exact) mass is 275 g/mol. The van der Waals surface area contributed by atoms with Crippen molar-refractivity contribution < 1.29 is 30.6 Å². The Hall–Kier alpha value is -0.520. The summed E-state index contributed by atoms with van der Waals surface area (Å²) in [6.45, 7) is 4.09. The predicted octanol–water partition coefficient (Wildman–Crippen LogP) is -0.767. The fourth-order valence-corrected chi connectivity index (χ4v) is 1.95. The Kier molecular flexibility index (Phi) is 6.71. The lowest BCUT2D eigenvalue weighted by molar-refractivity contribution is -0.127. The minimum Gasteiger partial charge on any atom is -0.313 e. The van der Waals surface area contributed by atoms with Crippen molar-refractivity contribution in [3.8, 4) is 0 Å². The molecule has 96 valence electrons. The fourth-order valence-electron chi connectivity index (χ4n) is 0.658. The highest BCUT2D eigenvalue weighted by molar-refractivity contribution is 8.63. The molecule has 0 rings (SSSR count).